The molecular weight excluding hydrogens is 630 g/mol. The number of anilines is 1. The average molecular weight is 670 g/mol. The minimum atomic E-state index is -0.288. The summed E-state index contributed by atoms with van der Waals surface area (Å²) in [6, 6.07) is 25.7. The van der Waals surface area contributed by atoms with E-state index in [0.29, 0.717) is 67.8 Å². The first-order chi connectivity index (χ1) is 24.6. The van der Waals surface area contributed by atoms with Crippen LogP contribution in [0.2, 0.25) is 0 Å². The molecule has 0 bridgehead atoms. The van der Waals surface area contributed by atoms with Gasteiger partial charge in [-0.2, -0.15) is 5.10 Å². The summed E-state index contributed by atoms with van der Waals surface area (Å²) in [6.45, 7) is 5.54. The van der Waals surface area contributed by atoms with Gasteiger partial charge in [0.2, 0.25) is 5.95 Å². The fourth-order valence-electron chi connectivity index (χ4n) is 6.92. The number of rotatable bonds is 10. The topological polar surface area (TPSA) is 127 Å². The second kappa shape index (κ2) is 13.7. The van der Waals surface area contributed by atoms with Crippen LogP contribution in [0.4, 0.5) is 5.95 Å². The molecule has 1 amide bonds. The summed E-state index contributed by atoms with van der Waals surface area (Å²) in [4.78, 5) is 28.3. The Morgan fingerprint density at radius 3 is 2.48 bits per heavy atom. The van der Waals surface area contributed by atoms with Crippen molar-refractivity contribution in [1.29, 1.82) is 0 Å². The van der Waals surface area contributed by atoms with Crippen molar-refractivity contribution >= 4 is 22.8 Å². The van der Waals surface area contributed by atoms with Gasteiger partial charge in [0, 0.05) is 43.7 Å². The Bertz CT molecular complexity index is 2120. The monoisotopic (exact) mass is 669 g/mol. The van der Waals surface area contributed by atoms with Gasteiger partial charge in [0.25, 0.3) is 5.91 Å². The number of piperazine rings is 1. The number of aliphatic hydroxyl groups is 1. The Kier molecular flexibility index (Phi) is 8.68. The molecule has 12 heteroatoms. The summed E-state index contributed by atoms with van der Waals surface area (Å²) < 4.78 is 9.93. The Morgan fingerprint density at radius 2 is 1.70 bits per heavy atom. The molecule has 1 atom stereocenters. The van der Waals surface area contributed by atoms with Gasteiger partial charge in [0.05, 0.1) is 47.5 Å². The van der Waals surface area contributed by atoms with Gasteiger partial charge < -0.3 is 19.6 Å². The van der Waals surface area contributed by atoms with Crippen molar-refractivity contribution in [2.45, 2.75) is 52.0 Å². The molecular formula is C38H39N9O3. The molecule has 0 aliphatic carbocycles. The Balaban J connectivity index is 0.985. The molecule has 5 heterocycles. The predicted octanol–water partition coefficient (Wildman–Crippen LogP) is 5.06. The van der Waals surface area contributed by atoms with Crippen LogP contribution in [0, 0.1) is 0 Å². The normalized spacial score (nSPS) is 15.0. The lowest BCUT2D eigenvalue weighted by Crippen LogP contribution is -2.49. The SMILES string of the molecule is CCC(Oc1ccc(CO)cc1)c1cn(Cc2nn3c(c2C(=O)N2CCN(c4nc(-c5ccccc5)c5ccccc5n4)CC2)CCC3)nn1. The van der Waals surface area contributed by atoms with E-state index in [1.54, 1.807) is 4.68 Å². The molecule has 1 saturated heterocycles. The number of hydrogen-bond acceptors (Lipinski definition) is 9. The molecule has 1 unspecified atom stereocenters. The summed E-state index contributed by atoms with van der Waals surface area (Å²) in [5, 5.41) is 24.1. The summed E-state index contributed by atoms with van der Waals surface area (Å²) in [7, 11) is 0. The van der Waals surface area contributed by atoms with E-state index in [0.717, 1.165) is 52.8 Å². The molecule has 3 aromatic heterocycles. The predicted molar refractivity (Wildman–Crippen MR) is 189 cm³/mol. The highest BCUT2D eigenvalue weighted by Crippen LogP contribution is 2.30. The lowest BCUT2D eigenvalue weighted by Gasteiger charge is -2.35. The molecule has 0 spiro atoms. The summed E-state index contributed by atoms with van der Waals surface area (Å²) in [5.41, 5.74) is 6.80. The van der Waals surface area contributed by atoms with Crippen molar-refractivity contribution in [3.63, 3.8) is 0 Å². The smallest absolute Gasteiger partial charge is 0.257 e. The highest BCUT2D eigenvalue weighted by molar-refractivity contribution is 5.97. The molecule has 3 aromatic carbocycles. The van der Waals surface area contributed by atoms with E-state index in [4.69, 9.17) is 19.8 Å². The van der Waals surface area contributed by atoms with Gasteiger partial charge in [-0.15, -0.1) is 5.10 Å². The number of amides is 1. The largest absolute Gasteiger partial charge is 0.484 e. The number of fused-ring (bicyclic) bond motifs is 2. The van der Waals surface area contributed by atoms with Crippen molar-refractivity contribution in [1.82, 2.24) is 39.6 Å². The molecule has 2 aliphatic heterocycles. The molecule has 12 nitrogen and oxygen atoms in total. The second-order valence-electron chi connectivity index (χ2n) is 12.8. The van der Waals surface area contributed by atoms with E-state index in [1.807, 2.05) is 83.4 Å². The third-order valence-corrected chi connectivity index (χ3v) is 9.57. The molecule has 6 aromatic rings. The number of carbonyl (C=O) groups excluding carboxylic acids is 1. The molecule has 50 heavy (non-hydrogen) atoms. The number of aliphatic hydroxyl groups excluding tert-OH is 1. The van der Waals surface area contributed by atoms with Crippen LogP contribution in [0.3, 0.4) is 0 Å². The minimum Gasteiger partial charge on any atom is -0.484 e. The van der Waals surface area contributed by atoms with Crippen molar-refractivity contribution < 1.29 is 14.6 Å². The maximum atomic E-state index is 14.2. The number of carbonyl (C=O) groups is 1. The molecule has 0 saturated carbocycles. The zero-order valence-corrected chi connectivity index (χ0v) is 28.0. The van der Waals surface area contributed by atoms with Gasteiger partial charge in [-0.1, -0.05) is 72.8 Å². The van der Waals surface area contributed by atoms with Gasteiger partial charge in [-0.05, 0) is 43.0 Å². The number of benzene rings is 3. The summed E-state index contributed by atoms with van der Waals surface area (Å²) >= 11 is 0. The molecule has 0 radical (unpaired) electrons. The number of nitrogens with zero attached hydrogens (tertiary/aromatic N) is 9. The Morgan fingerprint density at radius 1 is 0.920 bits per heavy atom. The van der Waals surface area contributed by atoms with Gasteiger partial charge in [-0.25, -0.2) is 14.6 Å². The van der Waals surface area contributed by atoms with Crippen molar-refractivity contribution in [3.8, 4) is 17.0 Å². The zero-order chi connectivity index (χ0) is 34.0. The van der Waals surface area contributed by atoms with Crippen LogP contribution >= 0.6 is 0 Å². The van der Waals surface area contributed by atoms with E-state index in [-0.39, 0.29) is 18.6 Å². The highest BCUT2D eigenvalue weighted by Gasteiger charge is 2.32. The summed E-state index contributed by atoms with van der Waals surface area (Å²) in [5.74, 6) is 1.39. The third kappa shape index (κ3) is 6.18. The third-order valence-electron chi connectivity index (χ3n) is 9.57. The van der Waals surface area contributed by atoms with E-state index >= 15 is 0 Å². The molecule has 254 valence electrons. The van der Waals surface area contributed by atoms with Crippen molar-refractivity contribution in [2.24, 2.45) is 0 Å². The molecule has 1 N–H and O–H groups in total. The summed E-state index contributed by atoms with van der Waals surface area (Å²) in [6.07, 6.45) is 4.09. The molecule has 8 rings (SSSR count). The second-order valence-corrected chi connectivity index (χ2v) is 12.8. The van der Waals surface area contributed by atoms with E-state index in [9.17, 15) is 9.90 Å². The first kappa shape index (κ1) is 31.6. The molecule has 2 aliphatic rings. The maximum absolute atomic E-state index is 14.2. The number of ether oxygens (including phenoxy) is 1. The van der Waals surface area contributed by atoms with Crippen LogP contribution in [0.5, 0.6) is 5.75 Å². The number of hydrogen-bond donors (Lipinski definition) is 1. The van der Waals surface area contributed by atoms with Gasteiger partial charge in [-0.3, -0.25) is 9.48 Å². The van der Waals surface area contributed by atoms with Crippen LogP contribution in [-0.2, 0) is 26.1 Å². The highest BCUT2D eigenvalue weighted by atomic mass is 16.5. The number of aromatic nitrogens is 7. The van der Waals surface area contributed by atoms with Crippen LogP contribution in [0.1, 0.15) is 58.9 Å². The molecule has 1 fully saturated rings. The van der Waals surface area contributed by atoms with Crippen LogP contribution in [0.25, 0.3) is 22.2 Å². The fourth-order valence-corrected chi connectivity index (χ4v) is 6.92. The van der Waals surface area contributed by atoms with E-state index in [2.05, 4.69) is 33.4 Å². The average Bonchev–Trinajstić information content (AvgIpc) is 3.91. The number of para-hydroxylation sites is 1. The van der Waals surface area contributed by atoms with Gasteiger partial charge in [0.15, 0.2) is 0 Å². The van der Waals surface area contributed by atoms with Crippen LogP contribution in [0.15, 0.2) is 85.1 Å². The van der Waals surface area contributed by atoms with E-state index < -0.39 is 0 Å². The maximum Gasteiger partial charge on any atom is 0.257 e. The Labute approximate surface area is 290 Å². The first-order valence-electron chi connectivity index (χ1n) is 17.3. The first-order valence-corrected chi connectivity index (χ1v) is 17.3. The van der Waals surface area contributed by atoms with Gasteiger partial charge in [0.1, 0.15) is 17.5 Å². The minimum absolute atomic E-state index is 0.00800. The van der Waals surface area contributed by atoms with Gasteiger partial charge >= 0.3 is 0 Å². The van der Waals surface area contributed by atoms with E-state index in [1.165, 1.54) is 0 Å². The van der Waals surface area contributed by atoms with Crippen molar-refractivity contribution in [3.05, 3.63) is 113 Å². The quantitative estimate of drug-likeness (QED) is 0.213. The van der Waals surface area contributed by atoms with Crippen LogP contribution < -0.4 is 9.64 Å². The lowest BCUT2D eigenvalue weighted by molar-refractivity contribution is 0.0744. The van der Waals surface area contributed by atoms with Crippen LogP contribution in [-0.4, -0.2) is 76.8 Å². The zero-order valence-electron chi connectivity index (χ0n) is 28.0. The standard InChI is InChI=1S/C38H39N9O3/c1-2-34(50-28-16-14-26(25-48)15-17-28)31-23-46(43-41-31)24-32-35(33-13-8-18-47(33)42-32)37(49)44-19-21-45(22-20-44)38-39-30-12-7-6-11-29(30)36(40-38)27-9-4-3-5-10-27/h3-7,9-12,14-17,23,34,48H,2,8,13,18-22,24-25H2,1H3. The lowest BCUT2D eigenvalue weighted by atomic mass is 10.1. The Hall–Kier alpha value is -5.62. The number of aryl methyl sites for hydroxylation is 1. The fraction of sp³-hybridized carbons (Fsp3) is 0.316. The van der Waals surface area contributed by atoms with Crippen molar-refractivity contribution in [2.75, 3.05) is 31.1 Å².